The number of allylic oxidation sites excluding steroid dienone is 4. The number of fused-ring (bicyclic) bond motifs is 5. The number of Topliss-reactive ketones (excluding diaryl/α,β-unsaturated/α-hetero) is 1. The van der Waals surface area contributed by atoms with E-state index in [-0.39, 0.29) is 28.4 Å². The van der Waals surface area contributed by atoms with E-state index in [1.54, 1.807) is 6.92 Å². The third-order valence-corrected chi connectivity index (χ3v) is 8.52. The van der Waals surface area contributed by atoms with E-state index in [1.165, 1.54) is 12.5 Å². The molecule has 4 heteroatoms. The molecular formula is C23H30O4. The number of ether oxygens (including phenoxy) is 1. The van der Waals surface area contributed by atoms with E-state index in [2.05, 4.69) is 26.0 Å². The van der Waals surface area contributed by atoms with Crippen molar-refractivity contribution in [2.45, 2.75) is 71.8 Å². The Morgan fingerprint density at radius 2 is 1.78 bits per heavy atom. The molecule has 0 aromatic heterocycles. The second kappa shape index (κ2) is 5.89. The van der Waals surface area contributed by atoms with Crippen molar-refractivity contribution in [3.8, 4) is 0 Å². The monoisotopic (exact) mass is 370 g/mol. The fourth-order valence-corrected chi connectivity index (χ4v) is 7.06. The van der Waals surface area contributed by atoms with Crippen LogP contribution in [0, 0.1) is 28.6 Å². The lowest BCUT2D eigenvalue weighted by Gasteiger charge is -2.57. The molecule has 0 spiro atoms. The molecule has 0 radical (unpaired) electrons. The van der Waals surface area contributed by atoms with Crippen molar-refractivity contribution in [3.05, 3.63) is 23.8 Å². The van der Waals surface area contributed by atoms with Gasteiger partial charge in [0.25, 0.3) is 0 Å². The Balaban J connectivity index is 1.75. The quantitative estimate of drug-likeness (QED) is 0.684. The van der Waals surface area contributed by atoms with Crippen LogP contribution in [0.2, 0.25) is 0 Å². The Labute approximate surface area is 161 Å². The fraction of sp³-hybridized carbons (Fsp3) is 0.696. The summed E-state index contributed by atoms with van der Waals surface area (Å²) < 4.78 is 5.79. The highest BCUT2D eigenvalue weighted by Crippen LogP contribution is 2.67. The average Bonchev–Trinajstić information content (AvgIpc) is 2.89. The van der Waals surface area contributed by atoms with Crippen LogP contribution in [0.5, 0.6) is 0 Å². The Bertz CT molecular complexity index is 777. The minimum Gasteiger partial charge on any atom is -0.451 e. The molecule has 0 aromatic carbocycles. The largest absolute Gasteiger partial charge is 0.451 e. The molecule has 0 saturated heterocycles. The van der Waals surface area contributed by atoms with Crippen LogP contribution < -0.4 is 0 Å². The van der Waals surface area contributed by atoms with Crippen molar-refractivity contribution < 1.29 is 19.1 Å². The molecule has 4 nitrogen and oxygen atoms in total. The smallest absolute Gasteiger partial charge is 0.303 e. The van der Waals surface area contributed by atoms with Gasteiger partial charge in [-0.1, -0.05) is 26.0 Å². The number of carbonyl (C=O) groups is 3. The van der Waals surface area contributed by atoms with Gasteiger partial charge in [-0.15, -0.1) is 0 Å². The zero-order chi connectivity index (χ0) is 19.6. The molecule has 4 rings (SSSR count). The summed E-state index contributed by atoms with van der Waals surface area (Å²) in [6.45, 7) is 7.46. The SMILES string of the molecule is CC(=O)O[C@]1(C(C)=O)CC[C@@H]2[C@@H]3C=CC4=CC(=O)CC[C@]4(C)[C@H]3CC[C@@]21C. The maximum Gasteiger partial charge on any atom is 0.303 e. The summed E-state index contributed by atoms with van der Waals surface area (Å²) >= 11 is 0. The Kier molecular flexibility index (Phi) is 4.07. The molecule has 2 saturated carbocycles. The van der Waals surface area contributed by atoms with Gasteiger partial charge in [-0.05, 0) is 73.8 Å². The zero-order valence-electron chi connectivity index (χ0n) is 16.8. The zero-order valence-corrected chi connectivity index (χ0v) is 16.8. The van der Waals surface area contributed by atoms with Crippen LogP contribution >= 0.6 is 0 Å². The number of ketones is 2. The molecule has 27 heavy (non-hydrogen) atoms. The van der Waals surface area contributed by atoms with E-state index >= 15 is 0 Å². The molecule has 4 aliphatic rings. The summed E-state index contributed by atoms with van der Waals surface area (Å²) in [7, 11) is 0. The summed E-state index contributed by atoms with van der Waals surface area (Å²) in [5.74, 6) is 1.03. The lowest BCUT2D eigenvalue weighted by atomic mass is 9.48. The molecule has 6 atom stereocenters. The van der Waals surface area contributed by atoms with Gasteiger partial charge in [0.1, 0.15) is 0 Å². The average molecular weight is 370 g/mol. The summed E-state index contributed by atoms with van der Waals surface area (Å²) in [6.07, 6.45) is 11.2. The van der Waals surface area contributed by atoms with Crippen molar-refractivity contribution in [2.24, 2.45) is 28.6 Å². The summed E-state index contributed by atoms with van der Waals surface area (Å²) in [5.41, 5.74) is -0.0864. The number of hydrogen-bond acceptors (Lipinski definition) is 4. The second-order valence-corrected chi connectivity index (χ2v) is 9.60. The van der Waals surface area contributed by atoms with Crippen LogP contribution in [0.25, 0.3) is 0 Å². The number of hydrogen-bond donors (Lipinski definition) is 0. The summed E-state index contributed by atoms with van der Waals surface area (Å²) in [6, 6.07) is 0. The maximum absolute atomic E-state index is 12.7. The van der Waals surface area contributed by atoms with E-state index in [0.717, 1.165) is 25.7 Å². The van der Waals surface area contributed by atoms with Crippen LogP contribution in [0.4, 0.5) is 0 Å². The number of carbonyl (C=O) groups excluding carboxylic acids is 3. The highest BCUT2D eigenvalue weighted by molar-refractivity contribution is 5.92. The predicted molar refractivity (Wildman–Crippen MR) is 102 cm³/mol. The second-order valence-electron chi connectivity index (χ2n) is 9.60. The van der Waals surface area contributed by atoms with Gasteiger partial charge >= 0.3 is 5.97 Å². The predicted octanol–water partition coefficient (Wildman–Crippen LogP) is 4.19. The Hall–Kier alpha value is -1.71. The first-order valence-corrected chi connectivity index (χ1v) is 10.3. The van der Waals surface area contributed by atoms with Crippen molar-refractivity contribution >= 4 is 17.5 Å². The molecule has 0 bridgehead atoms. The molecular weight excluding hydrogens is 340 g/mol. The molecule has 0 N–H and O–H groups in total. The van der Waals surface area contributed by atoms with Gasteiger partial charge in [0.05, 0.1) is 0 Å². The Morgan fingerprint density at radius 3 is 2.44 bits per heavy atom. The third-order valence-electron chi connectivity index (χ3n) is 8.52. The van der Waals surface area contributed by atoms with E-state index in [0.29, 0.717) is 30.6 Å². The van der Waals surface area contributed by atoms with Gasteiger partial charge in [-0.25, -0.2) is 0 Å². The standard InChI is InChI=1S/C23H30O4/c1-14(24)23(27-15(2)25)12-9-20-18-6-5-16-13-17(26)7-10-21(16,3)19(18)8-11-22(20,23)4/h5-6,13,18-20H,7-12H2,1-4H3/t18-,19+,20-,21+,22+,23+/m1/s1. The third kappa shape index (κ3) is 2.37. The van der Waals surface area contributed by atoms with Crippen molar-refractivity contribution in [2.75, 3.05) is 0 Å². The highest BCUT2D eigenvalue weighted by Gasteiger charge is 2.67. The minimum absolute atomic E-state index is 0.0176. The van der Waals surface area contributed by atoms with E-state index in [4.69, 9.17) is 4.74 Å². The van der Waals surface area contributed by atoms with E-state index < -0.39 is 5.60 Å². The van der Waals surface area contributed by atoms with Gasteiger partial charge in [0.2, 0.25) is 0 Å². The molecule has 0 aliphatic heterocycles. The van der Waals surface area contributed by atoms with Crippen LogP contribution in [-0.2, 0) is 19.1 Å². The molecule has 4 aliphatic carbocycles. The van der Waals surface area contributed by atoms with Gasteiger partial charge < -0.3 is 4.74 Å². The van der Waals surface area contributed by atoms with Gasteiger partial charge in [0.15, 0.2) is 17.2 Å². The fourth-order valence-electron chi connectivity index (χ4n) is 7.06. The molecule has 0 aromatic rings. The number of rotatable bonds is 2. The topological polar surface area (TPSA) is 60.4 Å². The van der Waals surface area contributed by atoms with Crippen LogP contribution in [-0.4, -0.2) is 23.1 Å². The van der Waals surface area contributed by atoms with Gasteiger partial charge in [-0.2, -0.15) is 0 Å². The highest BCUT2D eigenvalue weighted by atomic mass is 16.6. The lowest BCUT2D eigenvalue weighted by molar-refractivity contribution is -0.185. The van der Waals surface area contributed by atoms with Crippen LogP contribution in [0.3, 0.4) is 0 Å². The first kappa shape index (κ1) is 18.6. The molecule has 146 valence electrons. The number of esters is 1. The molecule has 0 amide bonds. The van der Waals surface area contributed by atoms with E-state index in [1.807, 2.05) is 6.08 Å². The van der Waals surface area contributed by atoms with Gasteiger partial charge in [0, 0.05) is 18.8 Å². The van der Waals surface area contributed by atoms with Crippen molar-refractivity contribution in [3.63, 3.8) is 0 Å². The summed E-state index contributed by atoms with van der Waals surface area (Å²) in [4.78, 5) is 36.5. The maximum atomic E-state index is 12.7. The first-order chi connectivity index (χ1) is 12.6. The molecule has 0 heterocycles. The minimum atomic E-state index is -0.984. The van der Waals surface area contributed by atoms with Crippen LogP contribution in [0.15, 0.2) is 23.8 Å². The van der Waals surface area contributed by atoms with Crippen molar-refractivity contribution in [1.82, 2.24) is 0 Å². The lowest BCUT2D eigenvalue weighted by Crippen LogP contribution is -2.58. The van der Waals surface area contributed by atoms with Gasteiger partial charge in [-0.3, -0.25) is 14.4 Å². The first-order valence-electron chi connectivity index (χ1n) is 10.3. The summed E-state index contributed by atoms with van der Waals surface area (Å²) in [5, 5.41) is 0. The molecule has 2 fully saturated rings. The molecule has 0 unspecified atom stereocenters. The van der Waals surface area contributed by atoms with Crippen molar-refractivity contribution in [1.29, 1.82) is 0 Å². The van der Waals surface area contributed by atoms with E-state index in [9.17, 15) is 14.4 Å². The Morgan fingerprint density at radius 1 is 1.07 bits per heavy atom. The normalized spacial score (nSPS) is 45.4. The van der Waals surface area contributed by atoms with Crippen LogP contribution in [0.1, 0.15) is 66.2 Å².